The summed E-state index contributed by atoms with van der Waals surface area (Å²) >= 11 is 0. The minimum Gasteiger partial charge on any atom is -0.471 e. The van der Waals surface area contributed by atoms with Crippen LogP contribution in [0.15, 0.2) is 41.4 Å². The van der Waals surface area contributed by atoms with Crippen molar-refractivity contribution in [1.29, 1.82) is 0 Å². The van der Waals surface area contributed by atoms with E-state index in [-0.39, 0.29) is 16.3 Å². The van der Waals surface area contributed by atoms with Gasteiger partial charge in [-0.05, 0) is 55.5 Å². The molecule has 9 heteroatoms. The highest BCUT2D eigenvalue weighted by Crippen LogP contribution is 2.37. The lowest BCUT2D eigenvalue weighted by atomic mass is 10.0. The Labute approximate surface area is 167 Å². The van der Waals surface area contributed by atoms with Crippen LogP contribution in [0.5, 0.6) is 5.88 Å². The number of ether oxygens (including phenoxy) is 1. The van der Waals surface area contributed by atoms with Crippen LogP contribution >= 0.6 is 0 Å². The summed E-state index contributed by atoms with van der Waals surface area (Å²) in [5.41, 5.74) is -0.301. The van der Waals surface area contributed by atoms with Gasteiger partial charge < -0.3 is 9.84 Å². The SMILES string of the molecule is C[C@@]1(O)CCC[C@H]1Oc1ncc(CC(F)(F)F)cc1-c1ccc(S(C)(=O)=O)cc1. The van der Waals surface area contributed by atoms with Gasteiger partial charge in [0.25, 0.3) is 0 Å². The molecule has 1 aromatic carbocycles. The van der Waals surface area contributed by atoms with Crippen molar-refractivity contribution in [1.82, 2.24) is 4.98 Å². The predicted octanol–water partition coefficient (Wildman–Crippen LogP) is 3.94. The third-order valence-corrected chi connectivity index (χ3v) is 6.13. The molecule has 0 unspecified atom stereocenters. The highest BCUT2D eigenvalue weighted by Gasteiger charge is 2.39. The fraction of sp³-hybridized carbons (Fsp3) is 0.450. The Morgan fingerprint density at radius 1 is 1.28 bits per heavy atom. The van der Waals surface area contributed by atoms with Gasteiger partial charge in [0.15, 0.2) is 9.84 Å². The fourth-order valence-electron chi connectivity index (χ4n) is 3.44. The summed E-state index contributed by atoms with van der Waals surface area (Å²) in [6, 6.07) is 7.12. The van der Waals surface area contributed by atoms with Crippen LogP contribution in [0.4, 0.5) is 13.2 Å². The Bertz CT molecular complexity index is 986. The van der Waals surface area contributed by atoms with Gasteiger partial charge in [0.2, 0.25) is 5.88 Å². The summed E-state index contributed by atoms with van der Waals surface area (Å²) in [6.45, 7) is 1.66. The zero-order valence-electron chi connectivity index (χ0n) is 16.0. The van der Waals surface area contributed by atoms with Crippen LogP contribution in [0.1, 0.15) is 31.7 Å². The van der Waals surface area contributed by atoms with Crippen molar-refractivity contribution in [2.45, 2.75) is 55.4 Å². The number of hydrogen-bond donors (Lipinski definition) is 1. The zero-order valence-corrected chi connectivity index (χ0v) is 16.8. The molecule has 3 rings (SSSR count). The van der Waals surface area contributed by atoms with Gasteiger partial charge in [0, 0.05) is 18.0 Å². The maximum absolute atomic E-state index is 12.8. The summed E-state index contributed by atoms with van der Waals surface area (Å²) in [5.74, 6) is 0.107. The smallest absolute Gasteiger partial charge is 0.393 e. The van der Waals surface area contributed by atoms with E-state index in [1.54, 1.807) is 6.92 Å². The van der Waals surface area contributed by atoms with Crippen molar-refractivity contribution < 1.29 is 31.4 Å². The molecule has 1 fully saturated rings. The molecule has 0 spiro atoms. The van der Waals surface area contributed by atoms with E-state index in [1.807, 2.05) is 0 Å². The lowest BCUT2D eigenvalue weighted by Crippen LogP contribution is -2.38. The average Bonchev–Trinajstić information content (AvgIpc) is 2.92. The number of halogens is 3. The molecule has 2 aromatic rings. The second kappa shape index (κ2) is 7.60. The summed E-state index contributed by atoms with van der Waals surface area (Å²) in [7, 11) is -3.41. The van der Waals surface area contributed by atoms with Gasteiger partial charge in [0.05, 0.1) is 16.9 Å². The lowest BCUT2D eigenvalue weighted by molar-refractivity contribution is -0.127. The lowest BCUT2D eigenvalue weighted by Gasteiger charge is -2.27. The van der Waals surface area contributed by atoms with Crippen LogP contribution < -0.4 is 4.74 Å². The summed E-state index contributed by atoms with van der Waals surface area (Å²) < 4.78 is 67.7. The molecule has 0 bridgehead atoms. The van der Waals surface area contributed by atoms with Gasteiger partial charge in [0.1, 0.15) is 6.10 Å². The van der Waals surface area contributed by atoms with Gasteiger partial charge in [-0.25, -0.2) is 13.4 Å². The van der Waals surface area contributed by atoms with Crippen LogP contribution in [0.3, 0.4) is 0 Å². The van der Waals surface area contributed by atoms with Crippen LogP contribution in [-0.2, 0) is 16.3 Å². The van der Waals surface area contributed by atoms with E-state index in [0.717, 1.165) is 18.9 Å². The van der Waals surface area contributed by atoms with E-state index < -0.39 is 34.1 Å². The van der Waals surface area contributed by atoms with Crippen LogP contribution in [0.25, 0.3) is 11.1 Å². The standard InChI is InChI=1S/C20H22F3NO4S/c1-19(25)9-3-4-17(19)28-18-16(10-13(12-24-18)11-20(21,22)23)14-5-7-15(8-6-14)29(2,26)27/h5-8,10,12,17,25H,3-4,9,11H2,1-2H3/t17-,19-/m1/s1. The molecular weight excluding hydrogens is 407 g/mol. The van der Waals surface area contributed by atoms with Crippen LogP contribution in [-0.4, -0.2) is 42.6 Å². The molecule has 0 amide bonds. The normalized spacial score (nSPS) is 22.6. The molecule has 29 heavy (non-hydrogen) atoms. The molecule has 158 valence electrons. The summed E-state index contributed by atoms with van der Waals surface area (Å²) in [5, 5.41) is 10.4. The fourth-order valence-corrected chi connectivity index (χ4v) is 4.07. The second-order valence-corrected chi connectivity index (χ2v) is 9.66. The number of aromatic nitrogens is 1. The number of sulfone groups is 1. The Kier molecular flexibility index (Phi) is 5.66. The van der Waals surface area contributed by atoms with Gasteiger partial charge in [-0.15, -0.1) is 0 Å². The average molecular weight is 429 g/mol. The first-order valence-corrected chi connectivity index (χ1v) is 11.0. The molecule has 0 aliphatic heterocycles. The van der Waals surface area contributed by atoms with E-state index in [4.69, 9.17) is 4.74 Å². The Hall–Kier alpha value is -2.13. The van der Waals surface area contributed by atoms with E-state index in [9.17, 15) is 26.7 Å². The molecule has 1 aliphatic carbocycles. The number of pyridine rings is 1. The first-order valence-electron chi connectivity index (χ1n) is 9.10. The molecular formula is C20H22F3NO4S. The molecule has 5 nitrogen and oxygen atoms in total. The van der Waals surface area contributed by atoms with Crippen molar-refractivity contribution in [3.8, 4) is 17.0 Å². The van der Waals surface area contributed by atoms with Gasteiger partial charge >= 0.3 is 6.18 Å². The van der Waals surface area contributed by atoms with Gasteiger partial charge in [-0.2, -0.15) is 13.2 Å². The first kappa shape index (κ1) is 21.6. The zero-order chi connectivity index (χ0) is 21.4. The highest BCUT2D eigenvalue weighted by atomic mass is 32.2. The summed E-state index contributed by atoms with van der Waals surface area (Å²) in [4.78, 5) is 4.19. The number of rotatable bonds is 5. The maximum atomic E-state index is 12.8. The highest BCUT2D eigenvalue weighted by molar-refractivity contribution is 7.90. The number of nitrogens with zero attached hydrogens (tertiary/aromatic N) is 1. The minimum atomic E-state index is -4.39. The number of alkyl halides is 3. The molecule has 1 saturated carbocycles. The van der Waals surface area contributed by atoms with Gasteiger partial charge in [-0.1, -0.05) is 12.1 Å². The predicted molar refractivity (Wildman–Crippen MR) is 101 cm³/mol. The second-order valence-electron chi connectivity index (χ2n) is 7.64. The van der Waals surface area contributed by atoms with Crippen molar-refractivity contribution in [2.24, 2.45) is 0 Å². The number of aliphatic hydroxyl groups is 1. The largest absolute Gasteiger partial charge is 0.471 e. The first-order chi connectivity index (χ1) is 13.4. The Morgan fingerprint density at radius 3 is 2.45 bits per heavy atom. The molecule has 0 radical (unpaired) electrons. The van der Waals surface area contributed by atoms with Crippen LogP contribution in [0, 0.1) is 0 Å². The van der Waals surface area contributed by atoms with E-state index >= 15 is 0 Å². The topological polar surface area (TPSA) is 76.5 Å². The molecule has 1 aliphatic rings. The van der Waals surface area contributed by atoms with Gasteiger partial charge in [-0.3, -0.25) is 0 Å². The summed E-state index contributed by atoms with van der Waals surface area (Å²) in [6.07, 6.45) is -1.95. The third kappa shape index (κ3) is 5.27. The number of benzene rings is 1. The minimum absolute atomic E-state index is 0.0368. The van der Waals surface area contributed by atoms with Crippen molar-refractivity contribution in [2.75, 3.05) is 6.26 Å². The Balaban J connectivity index is 2.02. The molecule has 1 N–H and O–H groups in total. The van der Waals surface area contributed by atoms with E-state index in [1.165, 1.54) is 30.3 Å². The van der Waals surface area contributed by atoms with Crippen LogP contribution in [0.2, 0.25) is 0 Å². The van der Waals surface area contributed by atoms with Crippen molar-refractivity contribution >= 4 is 9.84 Å². The monoisotopic (exact) mass is 429 g/mol. The van der Waals surface area contributed by atoms with E-state index in [2.05, 4.69) is 4.98 Å². The number of hydrogen-bond acceptors (Lipinski definition) is 5. The quantitative estimate of drug-likeness (QED) is 0.779. The Morgan fingerprint density at radius 2 is 1.93 bits per heavy atom. The van der Waals surface area contributed by atoms with Crippen molar-refractivity contribution in [3.05, 3.63) is 42.1 Å². The third-order valence-electron chi connectivity index (χ3n) is 5.00. The molecule has 0 saturated heterocycles. The molecule has 2 atom stereocenters. The van der Waals surface area contributed by atoms with Crippen molar-refractivity contribution in [3.63, 3.8) is 0 Å². The molecule has 1 heterocycles. The molecule has 1 aromatic heterocycles. The van der Waals surface area contributed by atoms with E-state index in [0.29, 0.717) is 24.0 Å². The maximum Gasteiger partial charge on any atom is 0.393 e.